The number of nitrogens with zero attached hydrogens (tertiary/aromatic N) is 1. The molecule has 2 aromatic heterocycles. The Bertz CT molecular complexity index is 2660. The van der Waals surface area contributed by atoms with E-state index in [0.717, 1.165) is 72.3 Å². The number of hydrogen-bond donors (Lipinski definition) is 1. The van der Waals surface area contributed by atoms with Crippen molar-refractivity contribution in [2.24, 2.45) is 0 Å². The summed E-state index contributed by atoms with van der Waals surface area (Å²) in [6.45, 7) is 13.9. The molecule has 0 aliphatic rings. The Labute approximate surface area is 292 Å². The van der Waals surface area contributed by atoms with Crippen molar-refractivity contribution in [3.05, 3.63) is 183 Å². The molecule has 0 atom stereocenters. The Morgan fingerprint density at radius 1 is 0.600 bits per heavy atom. The molecule has 0 aliphatic carbocycles. The van der Waals surface area contributed by atoms with E-state index in [-0.39, 0.29) is 0 Å². The maximum absolute atomic E-state index is 6.11. The molecule has 0 fully saturated rings. The molecule has 0 bridgehead atoms. The van der Waals surface area contributed by atoms with Gasteiger partial charge in [0, 0.05) is 44.7 Å². The molecule has 3 nitrogen and oxygen atoms in total. The van der Waals surface area contributed by atoms with Gasteiger partial charge in [-0.1, -0.05) is 111 Å². The average molecular weight is 645 g/mol. The summed E-state index contributed by atoms with van der Waals surface area (Å²) in [5.74, 6) is 0. The van der Waals surface area contributed by atoms with E-state index in [0.29, 0.717) is 0 Å². The number of nitrogens with one attached hydrogen (secondary N) is 1. The van der Waals surface area contributed by atoms with Gasteiger partial charge in [0.15, 0.2) is 0 Å². The zero-order chi connectivity index (χ0) is 34.2. The second kappa shape index (κ2) is 12.8. The van der Waals surface area contributed by atoms with E-state index >= 15 is 0 Å². The number of benzene rings is 6. The highest BCUT2D eigenvalue weighted by atomic mass is 16.3. The van der Waals surface area contributed by atoms with Gasteiger partial charge < -0.3 is 14.3 Å². The van der Waals surface area contributed by atoms with Gasteiger partial charge in [0.1, 0.15) is 11.2 Å². The van der Waals surface area contributed by atoms with E-state index in [4.69, 9.17) is 4.42 Å². The Kier molecular flexibility index (Phi) is 7.86. The summed E-state index contributed by atoms with van der Waals surface area (Å²) in [5.41, 5.74) is 13.8. The van der Waals surface area contributed by atoms with Gasteiger partial charge in [-0.2, -0.15) is 0 Å². The lowest BCUT2D eigenvalue weighted by molar-refractivity contribution is 0.669. The van der Waals surface area contributed by atoms with Gasteiger partial charge in [0.25, 0.3) is 0 Å². The van der Waals surface area contributed by atoms with E-state index in [1.807, 2.05) is 30.4 Å². The molecule has 1 N–H and O–H groups in total. The largest absolute Gasteiger partial charge is 0.456 e. The average Bonchev–Trinajstić information content (AvgIpc) is 3.70. The van der Waals surface area contributed by atoms with Crippen LogP contribution in [0.1, 0.15) is 12.5 Å². The van der Waals surface area contributed by atoms with Crippen molar-refractivity contribution in [2.75, 3.05) is 5.32 Å². The lowest BCUT2D eigenvalue weighted by Crippen LogP contribution is -1.94. The molecule has 0 spiro atoms. The van der Waals surface area contributed by atoms with Crippen molar-refractivity contribution in [2.45, 2.75) is 6.92 Å². The van der Waals surface area contributed by atoms with Gasteiger partial charge in [-0.3, -0.25) is 0 Å². The topological polar surface area (TPSA) is 30.1 Å². The Balaban J connectivity index is 1.17. The molecule has 6 aromatic carbocycles. The van der Waals surface area contributed by atoms with Crippen molar-refractivity contribution < 1.29 is 4.42 Å². The van der Waals surface area contributed by atoms with Gasteiger partial charge in [0.2, 0.25) is 0 Å². The van der Waals surface area contributed by atoms with Crippen LogP contribution < -0.4 is 5.32 Å². The van der Waals surface area contributed by atoms with Crippen LogP contribution in [-0.2, 0) is 0 Å². The molecule has 50 heavy (non-hydrogen) atoms. The molecule has 0 radical (unpaired) electrons. The summed E-state index contributed by atoms with van der Waals surface area (Å²) >= 11 is 0. The number of allylic oxidation sites excluding steroid dienone is 6. The van der Waals surface area contributed by atoms with Crippen molar-refractivity contribution in [3.63, 3.8) is 0 Å². The van der Waals surface area contributed by atoms with E-state index in [9.17, 15) is 0 Å². The third-order valence-electron chi connectivity index (χ3n) is 9.41. The fourth-order valence-corrected chi connectivity index (χ4v) is 6.75. The van der Waals surface area contributed by atoms with Gasteiger partial charge in [0.05, 0.1) is 11.0 Å². The van der Waals surface area contributed by atoms with Crippen LogP contribution in [0, 0.1) is 0 Å². The standard InChI is InChI=1S/C47H36N2O/c1-5-31(4)12-24-39(7-3)49-44-26-19-35(33-15-13-32(6-2)14-16-33)28-42(44)43-29-36(20-27-45(43)49)34-17-21-37(22-18-34)48-38-23-25-41-40-10-8-9-11-46(40)50-47(41)30-38/h5-30,48H,1-2,4H2,3H3/b24-12-,39-7+. The number of hydrogen-bond acceptors (Lipinski definition) is 2. The lowest BCUT2D eigenvalue weighted by atomic mass is 9.99. The van der Waals surface area contributed by atoms with Crippen LogP contribution in [0.15, 0.2) is 181 Å². The highest BCUT2D eigenvalue weighted by Crippen LogP contribution is 2.38. The first kappa shape index (κ1) is 30.7. The lowest BCUT2D eigenvalue weighted by Gasteiger charge is -2.10. The van der Waals surface area contributed by atoms with Gasteiger partial charge in [-0.25, -0.2) is 0 Å². The Morgan fingerprint density at radius 2 is 1.20 bits per heavy atom. The third-order valence-corrected chi connectivity index (χ3v) is 9.41. The van der Waals surface area contributed by atoms with Crippen molar-refractivity contribution >= 4 is 66.9 Å². The zero-order valence-electron chi connectivity index (χ0n) is 28.0. The van der Waals surface area contributed by atoms with Crippen molar-refractivity contribution in [3.8, 4) is 22.3 Å². The number of aromatic nitrogens is 1. The summed E-state index contributed by atoms with van der Waals surface area (Å²) in [5, 5.41) is 8.20. The molecule has 0 amide bonds. The Hall–Kier alpha value is -6.58. The normalized spacial score (nSPS) is 12.0. The number of furan rings is 1. The predicted octanol–water partition coefficient (Wildman–Crippen LogP) is 13.6. The van der Waals surface area contributed by atoms with Crippen LogP contribution in [0.25, 0.3) is 77.8 Å². The van der Waals surface area contributed by atoms with Crippen LogP contribution in [0.4, 0.5) is 11.4 Å². The Morgan fingerprint density at radius 3 is 1.84 bits per heavy atom. The van der Waals surface area contributed by atoms with Crippen LogP contribution >= 0.6 is 0 Å². The second-order valence-corrected chi connectivity index (χ2v) is 12.5. The van der Waals surface area contributed by atoms with Crippen LogP contribution in [0.2, 0.25) is 0 Å². The molecule has 8 rings (SSSR count). The van der Waals surface area contributed by atoms with E-state index in [2.05, 4.69) is 158 Å². The first-order valence-electron chi connectivity index (χ1n) is 16.8. The van der Waals surface area contributed by atoms with Crippen LogP contribution in [-0.4, -0.2) is 4.57 Å². The highest BCUT2D eigenvalue weighted by molar-refractivity contribution is 6.13. The number of rotatable bonds is 9. The minimum absolute atomic E-state index is 0.866. The van der Waals surface area contributed by atoms with E-state index in [1.54, 1.807) is 6.08 Å². The molecular formula is C47H36N2O. The van der Waals surface area contributed by atoms with Crippen molar-refractivity contribution in [1.29, 1.82) is 0 Å². The monoisotopic (exact) mass is 644 g/mol. The SMILES string of the molecule is C=CC(=C)/C=C\C(=C/C)n1c2ccc(-c3ccc(C=C)cc3)cc2c2cc(-c3ccc(Nc4ccc5c(c4)oc4ccccc45)cc3)ccc21. The number of para-hydroxylation sites is 1. The molecule has 3 heteroatoms. The summed E-state index contributed by atoms with van der Waals surface area (Å²) in [7, 11) is 0. The fraction of sp³-hybridized carbons (Fsp3) is 0.0213. The van der Waals surface area contributed by atoms with E-state index in [1.165, 1.54) is 21.9 Å². The van der Waals surface area contributed by atoms with Gasteiger partial charge >= 0.3 is 0 Å². The van der Waals surface area contributed by atoms with Gasteiger partial charge in [-0.15, -0.1) is 0 Å². The molecule has 0 saturated carbocycles. The van der Waals surface area contributed by atoms with Crippen LogP contribution in [0.5, 0.6) is 0 Å². The first-order valence-corrected chi connectivity index (χ1v) is 16.8. The molecule has 0 unspecified atom stereocenters. The second-order valence-electron chi connectivity index (χ2n) is 12.5. The maximum atomic E-state index is 6.11. The van der Waals surface area contributed by atoms with Gasteiger partial charge in [-0.05, 0) is 101 Å². The molecular weight excluding hydrogens is 609 g/mol. The molecule has 240 valence electrons. The summed E-state index contributed by atoms with van der Waals surface area (Å²) in [4.78, 5) is 0. The molecule has 0 saturated heterocycles. The fourth-order valence-electron chi connectivity index (χ4n) is 6.75. The molecule has 2 heterocycles. The molecule has 8 aromatic rings. The maximum Gasteiger partial charge on any atom is 0.137 e. The minimum atomic E-state index is 0.866. The number of anilines is 2. The summed E-state index contributed by atoms with van der Waals surface area (Å²) < 4.78 is 8.44. The minimum Gasteiger partial charge on any atom is -0.456 e. The van der Waals surface area contributed by atoms with Crippen LogP contribution in [0.3, 0.4) is 0 Å². The summed E-state index contributed by atoms with van der Waals surface area (Å²) in [6.07, 6.45) is 9.90. The highest BCUT2D eigenvalue weighted by Gasteiger charge is 2.15. The number of fused-ring (bicyclic) bond motifs is 6. The van der Waals surface area contributed by atoms with E-state index < -0.39 is 0 Å². The van der Waals surface area contributed by atoms with Crippen molar-refractivity contribution in [1.82, 2.24) is 4.57 Å². The smallest absolute Gasteiger partial charge is 0.137 e. The first-order chi connectivity index (χ1) is 24.5. The quantitative estimate of drug-likeness (QED) is 0.159. The predicted molar refractivity (Wildman–Crippen MR) is 216 cm³/mol. The summed E-state index contributed by atoms with van der Waals surface area (Å²) in [6, 6.07) is 45.1. The third kappa shape index (κ3) is 5.55. The molecule has 0 aliphatic heterocycles. The zero-order valence-corrected chi connectivity index (χ0v) is 28.0.